The Bertz CT molecular complexity index is 794. The van der Waals surface area contributed by atoms with Gasteiger partial charge in [-0.3, -0.25) is 9.59 Å². The summed E-state index contributed by atoms with van der Waals surface area (Å²) in [6, 6.07) is 5.22. The number of nitrogens with zero attached hydrogens (tertiary/aromatic N) is 2. The number of morpholine rings is 1. The Morgan fingerprint density at radius 3 is 2.91 bits per heavy atom. The van der Waals surface area contributed by atoms with Crippen LogP contribution in [0.5, 0.6) is 0 Å². The number of benzene rings is 1. The number of nitrogens with one attached hydrogen (secondary N) is 1. The van der Waals surface area contributed by atoms with Gasteiger partial charge in [0.15, 0.2) is 0 Å². The Balaban J connectivity index is 1.80. The molecule has 2 aromatic rings. The highest BCUT2D eigenvalue weighted by Crippen LogP contribution is 2.29. The summed E-state index contributed by atoms with van der Waals surface area (Å²) in [5.74, 6) is -0.368. The number of aromatic amines is 1. The number of ether oxygens (including phenoxy) is 1. The van der Waals surface area contributed by atoms with E-state index in [9.17, 15) is 9.59 Å². The van der Waals surface area contributed by atoms with Gasteiger partial charge >= 0.3 is 0 Å². The molecule has 0 saturated carbocycles. The van der Waals surface area contributed by atoms with E-state index in [1.807, 2.05) is 6.07 Å². The van der Waals surface area contributed by atoms with Crippen molar-refractivity contribution in [3.05, 3.63) is 62.2 Å². The smallest absolute Gasteiger partial charge is 0.263 e. The lowest BCUT2D eigenvalue weighted by Crippen LogP contribution is -2.43. The largest absolute Gasteiger partial charge is 0.370 e. The van der Waals surface area contributed by atoms with Gasteiger partial charge in [-0.25, -0.2) is 4.98 Å². The first-order valence-electron chi connectivity index (χ1n) is 6.95. The van der Waals surface area contributed by atoms with Gasteiger partial charge in [0, 0.05) is 12.7 Å². The first kappa shape index (κ1) is 16.0. The molecule has 1 fully saturated rings. The molecular weight excluding hydrogens is 341 g/mol. The van der Waals surface area contributed by atoms with Crippen LogP contribution in [-0.2, 0) is 4.74 Å². The van der Waals surface area contributed by atoms with Crippen LogP contribution in [0.1, 0.15) is 22.0 Å². The number of halogens is 2. The minimum atomic E-state index is -0.456. The molecule has 1 aliphatic heterocycles. The predicted molar refractivity (Wildman–Crippen MR) is 85.9 cm³/mol. The molecule has 1 amide bonds. The van der Waals surface area contributed by atoms with Crippen LogP contribution in [0.4, 0.5) is 0 Å². The fraction of sp³-hybridized carbons (Fsp3) is 0.267. The average molecular weight is 354 g/mol. The van der Waals surface area contributed by atoms with E-state index < -0.39 is 5.56 Å². The van der Waals surface area contributed by atoms with Crippen LogP contribution in [0, 0.1) is 0 Å². The third-order valence-corrected chi connectivity index (χ3v) is 4.36. The number of H-pyrrole nitrogens is 1. The molecule has 1 aromatic carbocycles. The maximum Gasteiger partial charge on any atom is 0.263 e. The number of hydrogen-bond acceptors (Lipinski definition) is 4. The highest BCUT2D eigenvalue weighted by Gasteiger charge is 2.27. The zero-order chi connectivity index (χ0) is 16.4. The number of hydrogen-bond donors (Lipinski definition) is 1. The van der Waals surface area contributed by atoms with E-state index in [1.54, 1.807) is 17.0 Å². The van der Waals surface area contributed by atoms with Crippen LogP contribution in [0.2, 0.25) is 10.0 Å². The summed E-state index contributed by atoms with van der Waals surface area (Å²) in [6.45, 7) is 1.10. The summed E-state index contributed by atoms with van der Waals surface area (Å²) in [4.78, 5) is 32.0. The maximum absolute atomic E-state index is 12.5. The van der Waals surface area contributed by atoms with Gasteiger partial charge in [-0.2, -0.15) is 0 Å². The standard InChI is InChI=1S/C15H13Cl2N3O3/c16-11-2-1-9(5-12(11)17)13-7-20(3-4-23-13)15(22)10-6-18-8-19-14(10)21/h1-2,5-6,8,13H,3-4,7H2,(H,18,19,21)/t13-/m0/s1. The molecule has 1 atom stereocenters. The molecule has 0 unspecified atom stereocenters. The molecule has 1 aliphatic rings. The van der Waals surface area contributed by atoms with Gasteiger partial charge in [-0.15, -0.1) is 0 Å². The molecule has 0 aliphatic carbocycles. The number of carbonyl (C=O) groups is 1. The van der Waals surface area contributed by atoms with Crippen LogP contribution in [0.3, 0.4) is 0 Å². The molecule has 120 valence electrons. The summed E-state index contributed by atoms with van der Waals surface area (Å²) < 4.78 is 5.71. The molecule has 3 rings (SSSR count). The monoisotopic (exact) mass is 353 g/mol. The van der Waals surface area contributed by atoms with Crippen molar-refractivity contribution in [1.82, 2.24) is 14.9 Å². The number of carbonyl (C=O) groups excluding carboxylic acids is 1. The number of rotatable bonds is 2. The van der Waals surface area contributed by atoms with Crippen molar-refractivity contribution in [2.75, 3.05) is 19.7 Å². The van der Waals surface area contributed by atoms with E-state index in [-0.39, 0.29) is 17.6 Å². The van der Waals surface area contributed by atoms with Gasteiger partial charge in [0.2, 0.25) is 0 Å². The lowest BCUT2D eigenvalue weighted by atomic mass is 10.1. The summed E-state index contributed by atoms with van der Waals surface area (Å²) in [5.41, 5.74) is 0.391. The highest BCUT2D eigenvalue weighted by atomic mass is 35.5. The van der Waals surface area contributed by atoms with Crippen molar-refractivity contribution in [3.8, 4) is 0 Å². The molecule has 6 nitrogen and oxygen atoms in total. The molecule has 1 N–H and O–H groups in total. The number of amides is 1. The molecule has 0 bridgehead atoms. The lowest BCUT2D eigenvalue weighted by Gasteiger charge is -2.33. The molecule has 8 heteroatoms. The fourth-order valence-electron chi connectivity index (χ4n) is 2.41. The Kier molecular flexibility index (Phi) is 4.66. The molecule has 1 saturated heterocycles. The Labute approximate surface area is 142 Å². The Hall–Kier alpha value is -1.89. The highest BCUT2D eigenvalue weighted by molar-refractivity contribution is 6.42. The molecule has 23 heavy (non-hydrogen) atoms. The van der Waals surface area contributed by atoms with Crippen LogP contribution < -0.4 is 5.56 Å². The molecule has 2 heterocycles. The normalized spacial score (nSPS) is 18.0. The van der Waals surface area contributed by atoms with E-state index in [4.69, 9.17) is 27.9 Å². The minimum absolute atomic E-state index is 0.0160. The summed E-state index contributed by atoms with van der Waals surface area (Å²) in [7, 11) is 0. The SMILES string of the molecule is O=C(c1cnc[nH]c1=O)N1CCO[C@H](c2ccc(Cl)c(Cl)c2)C1. The average Bonchev–Trinajstić information content (AvgIpc) is 2.57. The van der Waals surface area contributed by atoms with Crippen molar-refractivity contribution < 1.29 is 9.53 Å². The van der Waals surface area contributed by atoms with Crippen molar-refractivity contribution in [1.29, 1.82) is 0 Å². The van der Waals surface area contributed by atoms with E-state index in [0.29, 0.717) is 29.7 Å². The second kappa shape index (κ2) is 6.70. The van der Waals surface area contributed by atoms with Gasteiger partial charge in [0.05, 0.1) is 29.5 Å². The quantitative estimate of drug-likeness (QED) is 0.898. The first-order valence-corrected chi connectivity index (χ1v) is 7.70. The zero-order valence-corrected chi connectivity index (χ0v) is 13.5. The van der Waals surface area contributed by atoms with Gasteiger partial charge in [0.25, 0.3) is 11.5 Å². The second-order valence-corrected chi connectivity index (χ2v) is 5.89. The molecule has 0 radical (unpaired) electrons. The summed E-state index contributed by atoms with van der Waals surface area (Å²) in [6.07, 6.45) is 2.19. The molecule has 1 aromatic heterocycles. The van der Waals surface area contributed by atoms with Crippen molar-refractivity contribution in [2.45, 2.75) is 6.10 Å². The van der Waals surface area contributed by atoms with E-state index >= 15 is 0 Å². The summed E-state index contributed by atoms with van der Waals surface area (Å²) in [5, 5.41) is 0.890. The van der Waals surface area contributed by atoms with Gasteiger partial charge in [-0.05, 0) is 17.7 Å². The Morgan fingerprint density at radius 1 is 1.35 bits per heavy atom. The number of aromatic nitrogens is 2. The van der Waals surface area contributed by atoms with E-state index in [2.05, 4.69) is 9.97 Å². The second-order valence-electron chi connectivity index (χ2n) is 5.08. The molecule has 0 spiro atoms. The van der Waals surface area contributed by atoms with Crippen molar-refractivity contribution >= 4 is 29.1 Å². The fourth-order valence-corrected chi connectivity index (χ4v) is 2.72. The third-order valence-electron chi connectivity index (χ3n) is 3.62. The summed E-state index contributed by atoms with van der Waals surface area (Å²) >= 11 is 11.9. The van der Waals surface area contributed by atoms with Crippen LogP contribution in [0.25, 0.3) is 0 Å². The van der Waals surface area contributed by atoms with Crippen molar-refractivity contribution in [3.63, 3.8) is 0 Å². The topological polar surface area (TPSA) is 75.3 Å². The van der Waals surface area contributed by atoms with Crippen LogP contribution in [-0.4, -0.2) is 40.5 Å². The maximum atomic E-state index is 12.5. The zero-order valence-electron chi connectivity index (χ0n) is 12.0. The van der Waals surface area contributed by atoms with Gasteiger partial charge in [-0.1, -0.05) is 29.3 Å². The van der Waals surface area contributed by atoms with Gasteiger partial charge in [0.1, 0.15) is 11.7 Å². The van der Waals surface area contributed by atoms with Crippen LogP contribution >= 0.6 is 23.2 Å². The predicted octanol–water partition coefficient (Wildman–Crippen LogP) is 2.29. The van der Waals surface area contributed by atoms with E-state index in [0.717, 1.165) is 5.56 Å². The Morgan fingerprint density at radius 2 is 2.17 bits per heavy atom. The lowest BCUT2D eigenvalue weighted by molar-refractivity contribution is -0.0228. The minimum Gasteiger partial charge on any atom is -0.370 e. The van der Waals surface area contributed by atoms with Gasteiger partial charge < -0.3 is 14.6 Å². The van der Waals surface area contributed by atoms with Crippen LogP contribution in [0.15, 0.2) is 35.5 Å². The third kappa shape index (κ3) is 3.39. The van der Waals surface area contributed by atoms with Crippen molar-refractivity contribution in [2.24, 2.45) is 0 Å². The molecular formula is C15H13Cl2N3O3. The van der Waals surface area contributed by atoms with E-state index in [1.165, 1.54) is 12.5 Å². The first-order chi connectivity index (χ1) is 11.1.